The number of rotatable bonds is 8. The Morgan fingerprint density at radius 1 is 0.931 bits per heavy atom. The van der Waals surface area contributed by atoms with Crippen molar-refractivity contribution in [2.24, 2.45) is 0 Å². The van der Waals surface area contributed by atoms with Crippen LogP contribution in [0.25, 0.3) is 0 Å². The van der Waals surface area contributed by atoms with E-state index in [0.29, 0.717) is 20.8 Å². The van der Waals surface area contributed by atoms with Gasteiger partial charge in [-0.1, -0.05) is 23.1 Å². The van der Waals surface area contributed by atoms with Gasteiger partial charge in [0.1, 0.15) is 0 Å². The molecule has 1 amide bonds. The van der Waals surface area contributed by atoms with Crippen molar-refractivity contribution in [2.45, 2.75) is 4.34 Å². The molecule has 0 spiro atoms. The van der Waals surface area contributed by atoms with E-state index in [1.165, 1.54) is 59.5 Å². The van der Waals surface area contributed by atoms with Crippen LogP contribution in [0.15, 0.2) is 52.9 Å². The van der Waals surface area contributed by atoms with Crippen molar-refractivity contribution >= 4 is 56.9 Å². The number of aromatic nitrogens is 2. The van der Waals surface area contributed by atoms with E-state index in [2.05, 4.69) is 20.8 Å². The number of carbonyl (C=O) groups excluding carboxylic acids is 1. The Labute approximate surface area is 171 Å². The van der Waals surface area contributed by atoms with Crippen LogP contribution in [0.4, 0.5) is 27.9 Å². The number of anilines is 3. The number of carbonyl (C=O) groups is 1. The molecule has 13 heteroatoms. The largest absolute Gasteiger partial charge is 0.330 e. The summed E-state index contributed by atoms with van der Waals surface area (Å²) in [5.41, 5.74) is 1.01. The van der Waals surface area contributed by atoms with Crippen molar-refractivity contribution in [3.05, 3.63) is 68.8 Å². The molecule has 0 aliphatic rings. The summed E-state index contributed by atoms with van der Waals surface area (Å²) in [6.45, 7) is 0. The van der Waals surface area contributed by atoms with Crippen LogP contribution in [-0.2, 0) is 4.79 Å². The van der Waals surface area contributed by atoms with Crippen molar-refractivity contribution in [3.8, 4) is 0 Å². The summed E-state index contributed by atoms with van der Waals surface area (Å²) in [5, 5.41) is 35.3. The van der Waals surface area contributed by atoms with Crippen LogP contribution in [0.1, 0.15) is 0 Å². The van der Waals surface area contributed by atoms with Gasteiger partial charge in [-0.15, -0.1) is 10.2 Å². The molecule has 0 radical (unpaired) electrons. The highest BCUT2D eigenvalue weighted by Gasteiger charge is 2.11. The summed E-state index contributed by atoms with van der Waals surface area (Å²) >= 11 is 2.42. The number of hydrogen-bond acceptors (Lipinski definition) is 10. The highest BCUT2D eigenvalue weighted by molar-refractivity contribution is 8.01. The molecule has 3 rings (SSSR count). The molecule has 0 bridgehead atoms. The predicted octanol–water partition coefficient (Wildman–Crippen LogP) is 3.83. The van der Waals surface area contributed by atoms with Crippen LogP contribution >= 0.6 is 23.1 Å². The van der Waals surface area contributed by atoms with Gasteiger partial charge in [-0.3, -0.25) is 25.0 Å². The van der Waals surface area contributed by atoms with Crippen LogP contribution in [0, 0.1) is 20.2 Å². The molecule has 1 heterocycles. The second kappa shape index (κ2) is 9.07. The zero-order valence-electron chi connectivity index (χ0n) is 14.5. The molecule has 148 valence electrons. The maximum Gasteiger partial charge on any atom is 0.269 e. The van der Waals surface area contributed by atoms with Gasteiger partial charge in [0.05, 0.1) is 15.6 Å². The van der Waals surface area contributed by atoms with Crippen LogP contribution in [0.5, 0.6) is 0 Å². The van der Waals surface area contributed by atoms with Crippen LogP contribution in [0.2, 0.25) is 0 Å². The summed E-state index contributed by atoms with van der Waals surface area (Å²) in [6.07, 6.45) is 0. The lowest BCUT2D eigenvalue weighted by Gasteiger charge is -2.03. The minimum atomic E-state index is -0.515. The van der Waals surface area contributed by atoms with Crippen molar-refractivity contribution in [1.29, 1.82) is 0 Å². The smallest absolute Gasteiger partial charge is 0.269 e. The molecule has 1 aromatic heterocycles. The number of nitrogens with zero attached hydrogens (tertiary/aromatic N) is 4. The normalized spacial score (nSPS) is 10.3. The van der Waals surface area contributed by atoms with E-state index in [0.717, 1.165) is 0 Å². The Morgan fingerprint density at radius 3 is 2.03 bits per heavy atom. The molecule has 2 aromatic carbocycles. The van der Waals surface area contributed by atoms with Gasteiger partial charge in [-0.05, 0) is 24.3 Å². The Kier molecular flexibility index (Phi) is 6.31. The van der Waals surface area contributed by atoms with E-state index in [1.54, 1.807) is 12.1 Å². The first kappa shape index (κ1) is 20.2. The summed E-state index contributed by atoms with van der Waals surface area (Å²) < 4.78 is 0.563. The predicted molar refractivity (Wildman–Crippen MR) is 109 cm³/mol. The fourth-order valence-corrected chi connectivity index (χ4v) is 3.67. The minimum absolute atomic E-state index is 0.0110. The second-order valence-electron chi connectivity index (χ2n) is 5.44. The fraction of sp³-hybridized carbons (Fsp3) is 0.0625. The molecule has 0 saturated heterocycles. The van der Waals surface area contributed by atoms with Gasteiger partial charge in [0.2, 0.25) is 11.0 Å². The van der Waals surface area contributed by atoms with Gasteiger partial charge in [0.15, 0.2) is 4.34 Å². The van der Waals surface area contributed by atoms with E-state index in [4.69, 9.17) is 0 Å². The van der Waals surface area contributed by atoms with Gasteiger partial charge in [-0.2, -0.15) is 0 Å². The Hall–Kier alpha value is -3.58. The maximum atomic E-state index is 12.0. The Morgan fingerprint density at radius 2 is 1.48 bits per heavy atom. The van der Waals surface area contributed by atoms with Crippen molar-refractivity contribution in [3.63, 3.8) is 0 Å². The molecule has 0 aliphatic heterocycles. The average molecular weight is 432 g/mol. The number of benzene rings is 2. The second-order valence-corrected chi connectivity index (χ2v) is 7.64. The molecule has 0 aliphatic carbocycles. The molecular weight excluding hydrogens is 420 g/mol. The number of hydrogen-bond donors (Lipinski definition) is 2. The highest BCUT2D eigenvalue weighted by atomic mass is 32.2. The number of amides is 1. The molecule has 0 unspecified atom stereocenters. The van der Waals surface area contributed by atoms with Gasteiger partial charge in [0, 0.05) is 35.6 Å². The Balaban J connectivity index is 1.50. The molecule has 0 saturated carbocycles. The Bertz CT molecular complexity index is 1040. The van der Waals surface area contributed by atoms with E-state index in [1.807, 2.05) is 0 Å². The quantitative estimate of drug-likeness (QED) is 0.307. The zero-order chi connectivity index (χ0) is 20.8. The van der Waals surface area contributed by atoms with Crippen LogP contribution < -0.4 is 10.6 Å². The van der Waals surface area contributed by atoms with E-state index in [-0.39, 0.29) is 23.0 Å². The standard InChI is InChI=1S/C16H12N6O5S2/c23-14(17-10-1-5-12(6-2-10)21(24)25)9-28-16-20-19-15(29-16)18-11-3-7-13(8-4-11)22(26)27/h1-8H,9H2,(H,17,23)(H,18,19). The number of non-ortho nitro benzene ring substituents is 2. The minimum Gasteiger partial charge on any atom is -0.330 e. The monoisotopic (exact) mass is 432 g/mol. The molecule has 3 aromatic rings. The van der Waals surface area contributed by atoms with E-state index >= 15 is 0 Å². The third kappa shape index (κ3) is 5.70. The summed E-state index contributed by atoms with van der Waals surface area (Å²) in [4.78, 5) is 32.3. The molecule has 2 N–H and O–H groups in total. The van der Waals surface area contributed by atoms with Crippen molar-refractivity contribution < 1.29 is 14.6 Å². The van der Waals surface area contributed by atoms with E-state index < -0.39 is 9.85 Å². The third-order valence-corrected chi connectivity index (χ3v) is 5.40. The van der Waals surface area contributed by atoms with Crippen LogP contribution in [0.3, 0.4) is 0 Å². The summed E-state index contributed by atoms with van der Waals surface area (Å²) in [5.74, 6) is -0.202. The number of thioether (sulfide) groups is 1. The topological polar surface area (TPSA) is 153 Å². The average Bonchev–Trinajstić information content (AvgIpc) is 3.14. The van der Waals surface area contributed by atoms with Crippen molar-refractivity contribution in [2.75, 3.05) is 16.4 Å². The lowest BCUT2D eigenvalue weighted by Crippen LogP contribution is -2.13. The first-order chi connectivity index (χ1) is 13.9. The van der Waals surface area contributed by atoms with Gasteiger partial charge >= 0.3 is 0 Å². The first-order valence-corrected chi connectivity index (χ1v) is 9.73. The lowest BCUT2D eigenvalue weighted by molar-refractivity contribution is -0.385. The maximum absolute atomic E-state index is 12.0. The molecule has 0 fully saturated rings. The van der Waals surface area contributed by atoms with Gasteiger partial charge in [0.25, 0.3) is 11.4 Å². The first-order valence-electron chi connectivity index (χ1n) is 7.93. The SMILES string of the molecule is O=C(CSc1nnc(Nc2ccc([N+](=O)[O-])cc2)s1)Nc1ccc([N+](=O)[O-])cc1. The van der Waals surface area contributed by atoms with Crippen LogP contribution in [-0.4, -0.2) is 31.7 Å². The lowest BCUT2D eigenvalue weighted by atomic mass is 10.3. The number of nitrogens with one attached hydrogen (secondary N) is 2. The third-order valence-electron chi connectivity index (χ3n) is 3.42. The molecular formula is C16H12N6O5S2. The van der Waals surface area contributed by atoms with Crippen molar-refractivity contribution in [1.82, 2.24) is 10.2 Å². The molecule has 11 nitrogen and oxygen atoms in total. The van der Waals surface area contributed by atoms with E-state index in [9.17, 15) is 25.0 Å². The van der Waals surface area contributed by atoms with Gasteiger partial charge < -0.3 is 10.6 Å². The fourth-order valence-electron chi connectivity index (χ4n) is 2.10. The summed E-state index contributed by atoms with van der Waals surface area (Å²) in [6, 6.07) is 11.4. The zero-order valence-corrected chi connectivity index (χ0v) is 16.1. The molecule has 0 atom stereocenters. The summed E-state index contributed by atoms with van der Waals surface area (Å²) in [7, 11) is 0. The number of nitro groups is 2. The number of nitro benzene ring substituents is 2. The van der Waals surface area contributed by atoms with Gasteiger partial charge in [-0.25, -0.2) is 0 Å². The molecule has 29 heavy (non-hydrogen) atoms. The highest BCUT2D eigenvalue weighted by Crippen LogP contribution is 2.28.